The summed E-state index contributed by atoms with van der Waals surface area (Å²) in [5.41, 5.74) is -3.68. The molecule has 7 nitrogen and oxygen atoms in total. The van der Waals surface area contributed by atoms with Gasteiger partial charge in [-0.15, -0.1) is 0 Å². The Morgan fingerprint density at radius 3 is 1.93 bits per heavy atom. The summed E-state index contributed by atoms with van der Waals surface area (Å²) in [6.45, 7) is 5.33. The SMILES string of the molecule is CC(C)(C)OC(=O)N1[C@@H](C(=O)N[C@H]2CC[C@H](CNC(=O)c3cc(C(F)(F)F)cc(C(F)(F)F)c3)CC2)CC[C@H]1c1ccccc1. The Labute approximate surface area is 257 Å². The summed E-state index contributed by atoms with van der Waals surface area (Å²) >= 11 is 0. The zero-order chi connectivity index (χ0) is 33.2. The van der Waals surface area contributed by atoms with E-state index in [4.69, 9.17) is 4.74 Å². The third-order valence-corrected chi connectivity index (χ3v) is 8.07. The fraction of sp³-hybridized carbons (Fsp3) is 0.531. The predicted octanol–water partition coefficient (Wildman–Crippen LogP) is 7.27. The number of halogens is 6. The van der Waals surface area contributed by atoms with Crippen molar-refractivity contribution in [1.29, 1.82) is 0 Å². The lowest BCUT2D eigenvalue weighted by Gasteiger charge is -2.34. The number of carbonyl (C=O) groups excluding carboxylic acids is 3. The molecule has 1 heterocycles. The predicted molar refractivity (Wildman–Crippen MR) is 153 cm³/mol. The number of carbonyl (C=O) groups is 3. The molecular formula is C32H37F6N3O4. The maximum Gasteiger partial charge on any atom is 0.416 e. The van der Waals surface area contributed by atoms with E-state index in [1.54, 1.807) is 20.8 Å². The lowest BCUT2D eigenvalue weighted by molar-refractivity contribution is -0.143. The van der Waals surface area contributed by atoms with E-state index in [0.29, 0.717) is 50.7 Å². The number of rotatable bonds is 6. The summed E-state index contributed by atoms with van der Waals surface area (Å²) in [5.74, 6) is -1.40. The molecule has 1 aliphatic heterocycles. The summed E-state index contributed by atoms with van der Waals surface area (Å²) < 4.78 is 84.7. The van der Waals surface area contributed by atoms with Gasteiger partial charge in [-0.3, -0.25) is 14.5 Å². The number of hydrogen-bond donors (Lipinski definition) is 2. The van der Waals surface area contributed by atoms with Gasteiger partial charge >= 0.3 is 18.4 Å². The minimum Gasteiger partial charge on any atom is -0.444 e. The first-order chi connectivity index (χ1) is 20.9. The standard InChI is InChI=1S/C32H37F6N3O4/c1-30(2,3)45-29(44)41-25(20-7-5-4-6-8-20)13-14-26(41)28(43)40-24-11-9-19(10-12-24)18-39-27(42)21-15-22(31(33,34)35)17-23(16-21)32(36,37)38/h4-8,15-17,19,24-26H,9-14,18H2,1-3H3,(H,39,42)(H,40,43)/t19-,24-,25-,26+/m0/s1. The van der Waals surface area contributed by atoms with Crippen LogP contribution in [0.3, 0.4) is 0 Å². The number of nitrogens with one attached hydrogen (secondary N) is 2. The van der Waals surface area contributed by atoms with E-state index in [1.807, 2.05) is 30.3 Å². The zero-order valence-corrected chi connectivity index (χ0v) is 25.2. The largest absolute Gasteiger partial charge is 0.444 e. The molecule has 1 saturated heterocycles. The van der Waals surface area contributed by atoms with Gasteiger partial charge in [0.15, 0.2) is 0 Å². The number of likely N-dealkylation sites (tertiary alicyclic amines) is 1. The molecule has 0 unspecified atom stereocenters. The average Bonchev–Trinajstić information content (AvgIpc) is 3.41. The van der Waals surface area contributed by atoms with E-state index in [1.165, 1.54) is 4.90 Å². The molecule has 2 aromatic rings. The van der Waals surface area contributed by atoms with Crippen LogP contribution in [0.1, 0.15) is 92.4 Å². The number of nitrogens with zero attached hydrogens (tertiary/aromatic N) is 1. The van der Waals surface area contributed by atoms with E-state index in [-0.39, 0.29) is 36.5 Å². The molecule has 2 atom stereocenters. The Morgan fingerprint density at radius 2 is 1.40 bits per heavy atom. The molecule has 0 radical (unpaired) electrons. The van der Waals surface area contributed by atoms with Gasteiger partial charge in [0.25, 0.3) is 5.91 Å². The number of ether oxygens (including phenoxy) is 1. The Morgan fingerprint density at radius 1 is 0.822 bits per heavy atom. The number of alkyl halides is 6. The summed E-state index contributed by atoms with van der Waals surface area (Å²) in [7, 11) is 0. The molecule has 2 aliphatic rings. The summed E-state index contributed by atoms with van der Waals surface area (Å²) in [5, 5.41) is 5.51. The van der Waals surface area contributed by atoms with Crippen LogP contribution in [-0.4, -0.2) is 47.0 Å². The highest BCUT2D eigenvalue weighted by molar-refractivity contribution is 5.94. The van der Waals surface area contributed by atoms with Crippen LogP contribution in [0.2, 0.25) is 0 Å². The van der Waals surface area contributed by atoms with Crippen molar-refractivity contribution in [2.45, 2.75) is 95.4 Å². The minimum absolute atomic E-state index is 0.0214. The quantitative estimate of drug-likeness (QED) is 0.325. The van der Waals surface area contributed by atoms with Gasteiger partial charge in [0.05, 0.1) is 17.2 Å². The molecule has 2 fully saturated rings. The van der Waals surface area contributed by atoms with Crippen molar-refractivity contribution in [2.24, 2.45) is 5.92 Å². The average molecular weight is 642 g/mol. The molecule has 0 aromatic heterocycles. The number of benzene rings is 2. The van der Waals surface area contributed by atoms with Crippen molar-refractivity contribution in [1.82, 2.24) is 15.5 Å². The van der Waals surface area contributed by atoms with E-state index >= 15 is 0 Å². The van der Waals surface area contributed by atoms with Gasteiger partial charge in [0, 0.05) is 18.2 Å². The van der Waals surface area contributed by atoms with Crippen molar-refractivity contribution in [3.05, 3.63) is 70.8 Å². The second kappa shape index (κ2) is 13.3. The highest BCUT2D eigenvalue weighted by Crippen LogP contribution is 2.38. The van der Waals surface area contributed by atoms with Crippen molar-refractivity contribution < 1.29 is 45.5 Å². The van der Waals surface area contributed by atoms with Crippen molar-refractivity contribution in [3.8, 4) is 0 Å². The molecule has 0 bridgehead atoms. The van der Waals surface area contributed by atoms with E-state index in [9.17, 15) is 40.7 Å². The maximum atomic E-state index is 13.4. The summed E-state index contributed by atoms with van der Waals surface area (Å²) in [6.07, 6.45) is -7.40. The first-order valence-electron chi connectivity index (χ1n) is 14.9. The normalized spacial score (nSPS) is 22.6. The highest BCUT2D eigenvalue weighted by Gasteiger charge is 2.44. The summed E-state index contributed by atoms with van der Waals surface area (Å²) in [4.78, 5) is 40.7. The molecule has 2 N–H and O–H groups in total. The molecule has 4 rings (SSSR count). The first kappa shape index (κ1) is 34.1. The fourth-order valence-corrected chi connectivity index (χ4v) is 5.87. The summed E-state index contributed by atoms with van der Waals surface area (Å²) in [6, 6.07) is 8.98. The van der Waals surface area contributed by atoms with Crippen LogP contribution in [-0.2, 0) is 21.9 Å². The van der Waals surface area contributed by atoms with E-state index in [0.717, 1.165) is 5.56 Å². The van der Waals surface area contributed by atoms with E-state index < -0.39 is 52.7 Å². The van der Waals surface area contributed by atoms with Crippen molar-refractivity contribution >= 4 is 17.9 Å². The van der Waals surface area contributed by atoms with Gasteiger partial charge < -0.3 is 15.4 Å². The second-order valence-electron chi connectivity index (χ2n) is 12.6. The highest BCUT2D eigenvalue weighted by atomic mass is 19.4. The minimum atomic E-state index is -5.05. The number of hydrogen-bond acceptors (Lipinski definition) is 4. The third-order valence-electron chi connectivity index (χ3n) is 8.07. The third kappa shape index (κ3) is 8.91. The van der Waals surface area contributed by atoms with Crippen LogP contribution in [0.15, 0.2) is 48.5 Å². The molecular weight excluding hydrogens is 604 g/mol. The van der Waals surface area contributed by atoms with Gasteiger partial charge in [-0.25, -0.2) is 4.79 Å². The van der Waals surface area contributed by atoms with E-state index in [2.05, 4.69) is 10.6 Å². The monoisotopic (exact) mass is 641 g/mol. The Kier molecular flexibility index (Phi) is 10.1. The Balaban J connectivity index is 1.33. The first-order valence-corrected chi connectivity index (χ1v) is 14.9. The van der Waals surface area contributed by atoms with Crippen LogP contribution in [0.5, 0.6) is 0 Å². The van der Waals surface area contributed by atoms with Crippen LogP contribution >= 0.6 is 0 Å². The molecule has 2 aromatic carbocycles. The van der Waals surface area contributed by atoms with Gasteiger partial charge in [-0.1, -0.05) is 30.3 Å². The van der Waals surface area contributed by atoms with Crippen molar-refractivity contribution in [2.75, 3.05) is 6.54 Å². The van der Waals surface area contributed by atoms with Crippen LogP contribution < -0.4 is 10.6 Å². The smallest absolute Gasteiger partial charge is 0.416 e. The fourth-order valence-electron chi connectivity index (χ4n) is 5.87. The van der Waals surface area contributed by atoms with Gasteiger partial charge in [-0.05, 0) is 89.0 Å². The topological polar surface area (TPSA) is 87.7 Å². The van der Waals surface area contributed by atoms with Crippen LogP contribution in [0.4, 0.5) is 31.1 Å². The lowest BCUT2D eigenvalue weighted by atomic mass is 9.85. The maximum absolute atomic E-state index is 13.4. The molecule has 1 saturated carbocycles. The Hall–Kier alpha value is -3.77. The molecule has 45 heavy (non-hydrogen) atoms. The molecule has 246 valence electrons. The second-order valence-corrected chi connectivity index (χ2v) is 12.6. The van der Waals surface area contributed by atoms with Crippen LogP contribution in [0.25, 0.3) is 0 Å². The van der Waals surface area contributed by atoms with Crippen molar-refractivity contribution in [3.63, 3.8) is 0 Å². The van der Waals surface area contributed by atoms with Crippen LogP contribution in [0, 0.1) is 5.92 Å². The molecule has 13 heteroatoms. The molecule has 0 spiro atoms. The van der Waals surface area contributed by atoms with Gasteiger partial charge in [0.1, 0.15) is 11.6 Å². The molecule has 3 amide bonds. The Bertz CT molecular complexity index is 1330. The molecule has 1 aliphatic carbocycles. The van der Waals surface area contributed by atoms with Gasteiger partial charge in [-0.2, -0.15) is 26.3 Å². The number of amides is 3. The van der Waals surface area contributed by atoms with Gasteiger partial charge in [0.2, 0.25) is 5.91 Å². The zero-order valence-electron chi connectivity index (χ0n) is 25.2. The lowest BCUT2D eigenvalue weighted by Crippen LogP contribution is -2.51.